The van der Waals surface area contributed by atoms with Crippen molar-refractivity contribution >= 4 is 11.6 Å². The van der Waals surface area contributed by atoms with Crippen LogP contribution >= 0.6 is 11.6 Å². The fourth-order valence-electron chi connectivity index (χ4n) is 2.76. The third-order valence-electron chi connectivity index (χ3n) is 3.92. The molecule has 3 nitrogen and oxygen atoms in total. The van der Waals surface area contributed by atoms with Gasteiger partial charge < -0.3 is 5.32 Å². The highest BCUT2D eigenvalue weighted by molar-refractivity contribution is 6.31. The van der Waals surface area contributed by atoms with E-state index >= 15 is 0 Å². The van der Waals surface area contributed by atoms with Crippen LogP contribution in [0.5, 0.6) is 0 Å². The Morgan fingerprint density at radius 3 is 2.59 bits per heavy atom. The molecule has 1 heterocycles. The standard InChI is InChI=1S/C13H22ClN3/c1-10-12(14)11(17(3)16-10)8-15-9-13(2)6-4-5-7-13/h15H,4-9H2,1-3H3. The maximum atomic E-state index is 6.22. The summed E-state index contributed by atoms with van der Waals surface area (Å²) in [4.78, 5) is 0. The predicted octanol–water partition coefficient (Wildman–Crippen LogP) is 3.05. The van der Waals surface area contributed by atoms with E-state index in [1.165, 1.54) is 25.7 Å². The zero-order valence-corrected chi connectivity index (χ0v) is 11.8. The Kier molecular flexibility index (Phi) is 3.79. The Labute approximate surface area is 109 Å². The number of hydrogen-bond donors (Lipinski definition) is 1. The molecule has 1 N–H and O–H groups in total. The Hall–Kier alpha value is -0.540. The molecule has 2 rings (SSSR count). The average Bonchev–Trinajstić information content (AvgIpc) is 2.79. The van der Waals surface area contributed by atoms with Crippen molar-refractivity contribution in [2.75, 3.05) is 6.54 Å². The molecule has 0 aliphatic heterocycles. The van der Waals surface area contributed by atoms with E-state index in [9.17, 15) is 0 Å². The lowest BCUT2D eigenvalue weighted by Crippen LogP contribution is -2.29. The fraction of sp³-hybridized carbons (Fsp3) is 0.769. The molecule has 0 spiro atoms. The summed E-state index contributed by atoms with van der Waals surface area (Å²) in [6, 6.07) is 0. The maximum absolute atomic E-state index is 6.22. The van der Waals surface area contributed by atoms with E-state index in [0.29, 0.717) is 5.41 Å². The number of hydrogen-bond acceptors (Lipinski definition) is 2. The predicted molar refractivity (Wildman–Crippen MR) is 71.2 cm³/mol. The second-order valence-corrected chi connectivity index (χ2v) is 5.97. The molecule has 0 aromatic carbocycles. The molecule has 0 saturated heterocycles. The second-order valence-electron chi connectivity index (χ2n) is 5.59. The lowest BCUT2D eigenvalue weighted by molar-refractivity contribution is 0.313. The first-order valence-electron chi connectivity index (χ1n) is 6.40. The summed E-state index contributed by atoms with van der Waals surface area (Å²) in [5, 5.41) is 8.66. The van der Waals surface area contributed by atoms with E-state index in [1.54, 1.807) is 0 Å². The molecule has 4 heteroatoms. The van der Waals surface area contributed by atoms with Crippen molar-refractivity contribution in [3.8, 4) is 0 Å². The van der Waals surface area contributed by atoms with Crippen LogP contribution in [-0.2, 0) is 13.6 Å². The maximum Gasteiger partial charge on any atom is 0.0860 e. The summed E-state index contributed by atoms with van der Waals surface area (Å²) in [5.41, 5.74) is 2.49. The van der Waals surface area contributed by atoms with Gasteiger partial charge in [-0.15, -0.1) is 0 Å². The first kappa shape index (κ1) is 12.9. The van der Waals surface area contributed by atoms with Crippen LogP contribution in [-0.4, -0.2) is 16.3 Å². The monoisotopic (exact) mass is 255 g/mol. The van der Waals surface area contributed by atoms with Gasteiger partial charge in [-0.25, -0.2) is 0 Å². The molecule has 0 bridgehead atoms. The van der Waals surface area contributed by atoms with Gasteiger partial charge in [0.1, 0.15) is 0 Å². The highest BCUT2D eigenvalue weighted by Gasteiger charge is 2.28. The molecule has 0 radical (unpaired) electrons. The molecule has 17 heavy (non-hydrogen) atoms. The number of nitrogens with one attached hydrogen (secondary N) is 1. The molecule has 0 amide bonds. The summed E-state index contributed by atoms with van der Waals surface area (Å²) >= 11 is 6.22. The Bertz CT molecular complexity index is 392. The summed E-state index contributed by atoms with van der Waals surface area (Å²) in [5.74, 6) is 0. The van der Waals surface area contributed by atoms with Gasteiger partial charge in [0.15, 0.2) is 0 Å². The quantitative estimate of drug-likeness (QED) is 0.896. The van der Waals surface area contributed by atoms with Gasteiger partial charge in [0.25, 0.3) is 0 Å². The lowest BCUT2D eigenvalue weighted by atomic mass is 9.89. The van der Waals surface area contributed by atoms with Crippen molar-refractivity contribution in [2.45, 2.75) is 46.1 Å². The largest absolute Gasteiger partial charge is 0.311 e. The number of nitrogens with zero attached hydrogens (tertiary/aromatic N) is 2. The molecule has 0 atom stereocenters. The third-order valence-corrected chi connectivity index (χ3v) is 4.41. The molecular weight excluding hydrogens is 234 g/mol. The van der Waals surface area contributed by atoms with Crippen molar-refractivity contribution in [2.24, 2.45) is 12.5 Å². The van der Waals surface area contributed by atoms with Crippen molar-refractivity contribution < 1.29 is 0 Å². The van der Waals surface area contributed by atoms with Crippen molar-refractivity contribution in [3.05, 3.63) is 16.4 Å². The van der Waals surface area contributed by atoms with Gasteiger partial charge in [-0.05, 0) is 25.2 Å². The molecule has 1 aromatic rings. The highest BCUT2D eigenvalue weighted by atomic mass is 35.5. The minimum atomic E-state index is 0.486. The van der Waals surface area contributed by atoms with Crippen LogP contribution in [0.3, 0.4) is 0 Å². The minimum Gasteiger partial charge on any atom is -0.311 e. The van der Waals surface area contributed by atoms with Gasteiger partial charge in [0, 0.05) is 20.1 Å². The van der Waals surface area contributed by atoms with Crippen LogP contribution in [0, 0.1) is 12.3 Å². The van der Waals surface area contributed by atoms with Crippen LogP contribution in [0.2, 0.25) is 5.02 Å². The first-order valence-corrected chi connectivity index (χ1v) is 6.78. The molecular formula is C13H22ClN3. The Morgan fingerprint density at radius 1 is 1.41 bits per heavy atom. The molecule has 1 saturated carbocycles. The molecule has 1 aliphatic rings. The normalized spacial score (nSPS) is 18.8. The first-order chi connectivity index (χ1) is 8.02. The third kappa shape index (κ3) is 2.83. The fourth-order valence-corrected chi connectivity index (χ4v) is 2.99. The molecule has 1 aliphatic carbocycles. The van der Waals surface area contributed by atoms with E-state index in [1.807, 2.05) is 18.7 Å². The molecule has 1 aromatic heterocycles. The van der Waals surface area contributed by atoms with E-state index < -0.39 is 0 Å². The summed E-state index contributed by atoms with van der Waals surface area (Å²) in [6.45, 7) is 6.21. The second kappa shape index (κ2) is 4.99. The number of aromatic nitrogens is 2. The summed E-state index contributed by atoms with van der Waals surface area (Å²) in [6.07, 6.45) is 5.45. The highest BCUT2D eigenvalue weighted by Crippen LogP contribution is 2.36. The van der Waals surface area contributed by atoms with E-state index in [0.717, 1.165) is 29.5 Å². The lowest BCUT2D eigenvalue weighted by Gasteiger charge is -2.23. The zero-order chi connectivity index (χ0) is 12.5. The molecule has 96 valence electrons. The van der Waals surface area contributed by atoms with Gasteiger partial charge in [-0.2, -0.15) is 5.10 Å². The van der Waals surface area contributed by atoms with Gasteiger partial charge in [-0.3, -0.25) is 4.68 Å². The SMILES string of the molecule is Cc1nn(C)c(CNCC2(C)CCCC2)c1Cl. The summed E-state index contributed by atoms with van der Waals surface area (Å²) in [7, 11) is 1.95. The van der Waals surface area contributed by atoms with Gasteiger partial charge >= 0.3 is 0 Å². The van der Waals surface area contributed by atoms with Crippen LogP contribution < -0.4 is 5.32 Å². The van der Waals surface area contributed by atoms with E-state index in [2.05, 4.69) is 17.3 Å². The average molecular weight is 256 g/mol. The Balaban J connectivity index is 1.89. The van der Waals surface area contributed by atoms with Crippen LogP contribution in [0.25, 0.3) is 0 Å². The molecule has 1 fully saturated rings. The van der Waals surface area contributed by atoms with E-state index in [4.69, 9.17) is 11.6 Å². The van der Waals surface area contributed by atoms with Crippen molar-refractivity contribution in [3.63, 3.8) is 0 Å². The topological polar surface area (TPSA) is 29.9 Å². The summed E-state index contributed by atoms with van der Waals surface area (Å²) < 4.78 is 1.88. The van der Waals surface area contributed by atoms with E-state index in [-0.39, 0.29) is 0 Å². The Morgan fingerprint density at radius 2 is 2.06 bits per heavy atom. The van der Waals surface area contributed by atoms with Gasteiger partial charge in [-0.1, -0.05) is 31.4 Å². The van der Waals surface area contributed by atoms with Gasteiger partial charge in [0.2, 0.25) is 0 Å². The minimum absolute atomic E-state index is 0.486. The van der Waals surface area contributed by atoms with Crippen LogP contribution in [0.4, 0.5) is 0 Å². The van der Waals surface area contributed by atoms with Crippen LogP contribution in [0.15, 0.2) is 0 Å². The molecule has 0 unspecified atom stereocenters. The number of halogens is 1. The van der Waals surface area contributed by atoms with Crippen LogP contribution in [0.1, 0.15) is 44.0 Å². The van der Waals surface area contributed by atoms with Crippen molar-refractivity contribution in [1.29, 1.82) is 0 Å². The zero-order valence-electron chi connectivity index (χ0n) is 11.0. The van der Waals surface area contributed by atoms with Crippen molar-refractivity contribution in [1.82, 2.24) is 15.1 Å². The number of aryl methyl sites for hydroxylation is 2. The number of rotatable bonds is 4. The van der Waals surface area contributed by atoms with Gasteiger partial charge in [0.05, 0.1) is 16.4 Å². The smallest absolute Gasteiger partial charge is 0.0860 e.